The van der Waals surface area contributed by atoms with Gasteiger partial charge >= 0.3 is 0 Å². The van der Waals surface area contributed by atoms with E-state index in [9.17, 15) is 0 Å². The lowest BCUT2D eigenvalue weighted by Gasteiger charge is -2.24. The van der Waals surface area contributed by atoms with Gasteiger partial charge in [-0.3, -0.25) is 0 Å². The van der Waals surface area contributed by atoms with Gasteiger partial charge in [0.2, 0.25) is 5.88 Å². The van der Waals surface area contributed by atoms with E-state index in [4.69, 9.17) is 10.5 Å². The highest BCUT2D eigenvalue weighted by Gasteiger charge is 2.35. The van der Waals surface area contributed by atoms with Crippen LogP contribution >= 0.6 is 0 Å². The molecule has 0 atom stereocenters. The molecule has 0 aromatic carbocycles. The first-order valence-corrected chi connectivity index (χ1v) is 6.20. The Hall–Kier alpha value is -1.52. The molecule has 5 heteroatoms. The van der Waals surface area contributed by atoms with Crippen molar-refractivity contribution in [3.63, 3.8) is 0 Å². The van der Waals surface area contributed by atoms with Crippen LogP contribution in [0.25, 0.3) is 0 Å². The SMILES string of the molecule is COc1ncnc(N(CC2CC2)C2CC2)c1N. The molecule has 0 spiro atoms. The molecule has 0 amide bonds. The number of ether oxygens (including phenoxy) is 1. The average molecular weight is 234 g/mol. The van der Waals surface area contributed by atoms with E-state index in [0.29, 0.717) is 17.6 Å². The van der Waals surface area contributed by atoms with Crippen LogP contribution < -0.4 is 15.4 Å². The Labute approximate surface area is 101 Å². The summed E-state index contributed by atoms with van der Waals surface area (Å²) in [7, 11) is 1.59. The van der Waals surface area contributed by atoms with E-state index in [0.717, 1.165) is 18.3 Å². The molecule has 1 aromatic rings. The number of nitrogen functional groups attached to an aromatic ring is 1. The summed E-state index contributed by atoms with van der Waals surface area (Å²) in [4.78, 5) is 10.7. The van der Waals surface area contributed by atoms with Gasteiger partial charge in [0.1, 0.15) is 12.0 Å². The van der Waals surface area contributed by atoms with Crippen molar-refractivity contribution in [3.05, 3.63) is 6.33 Å². The zero-order valence-corrected chi connectivity index (χ0v) is 10.1. The molecule has 92 valence electrons. The van der Waals surface area contributed by atoms with Crippen LogP contribution in [0.2, 0.25) is 0 Å². The number of rotatable bonds is 5. The van der Waals surface area contributed by atoms with Crippen LogP contribution in [0.5, 0.6) is 5.88 Å². The molecule has 0 aliphatic heterocycles. The fourth-order valence-corrected chi connectivity index (χ4v) is 2.14. The van der Waals surface area contributed by atoms with Crippen LogP contribution in [0.4, 0.5) is 11.5 Å². The predicted molar refractivity (Wildman–Crippen MR) is 66.1 cm³/mol. The maximum atomic E-state index is 6.06. The summed E-state index contributed by atoms with van der Waals surface area (Å²) in [6.45, 7) is 1.08. The molecular formula is C12H18N4O. The van der Waals surface area contributed by atoms with E-state index in [1.807, 2.05) is 0 Å². The minimum atomic E-state index is 0.483. The smallest absolute Gasteiger partial charge is 0.242 e. The first kappa shape index (κ1) is 10.6. The molecule has 2 saturated carbocycles. The van der Waals surface area contributed by atoms with Gasteiger partial charge in [-0.25, -0.2) is 4.98 Å². The normalized spacial score (nSPS) is 19.1. The summed E-state index contributed by atoms with van der Waals surface area (Å²) < 4.78 is 5.15. The summed E-state index contributed by atoms with van der Waals surface area (Å²) in [6.07, 6.45) is 6.71. The van der Waals surface area contributed by atoms with Crippen molar-refractivity contribution in [2.24, 2.45) is 5.92 Å². The van der Waals surface area contributed by atoms with Crippen LogP contribution in [0.1, 0.15) is 25.7 Å². The third kappa shape index (κ3) is 2.14. The molecular weight excluding hydrogens is 216 g/mol. The summed E-state index contributed by atoms with van der Waals surface area (Å²) in [5.41, 5.74) is 6.64. The number of nitrogens with two attached hydrogens (primary N) is 1. The number of hydrogen-bond donors (Lipinski definition) is 1. The molecule has 0 bridgehead atoms. The lowest BCUT2D eigenvalue weighted by Crippen LogP contribution is -2.30. The highest BCUT2D eigenvalue weighted by atomic mass is 16.5. The van der Waals surface area contributed by atoms with Gasteiger partial charge in [0.05, 0.1) is 7.11 Å². The number of methoxy groups -OCH3 is 1. The molecule has 3 rings (SSSR count). The Balaban J connectivity index is 1.88. The van der Waals surface area contributed by atoms with Crippen LogP contribution in [0.3, 0.4) is 0 Å². The van der Waals surface area contributed by atoms with Crippen LogP contribution in [-0.4, -0.2) is 29.7 Å². The third-order valence-electron chi connectivity index (χ3n) is 3.43. The maximum absolute atomic E-state index is 6.06. The van der Waals surface area contributed by atoms with Gasteiger partial charge < -0.3 is 15.4 Å². The molecule has 17 heavy (non-hydrogen) atoms. The lowest BCUT2D eigenvalue weighted by atomic mass is 10.3. The minimum absolute atomic E-state index is 0.483. The summed E-state index contributed by atoms with van der Waals surface area (Å²) >= 11 is 0. The Kier molecular flexibility index (Phi) is 2.53. The van der Waals surface area contributed by atoms with Gasteiger partial charge in [-0.1, -0.05) is 0 Å². The second-order valence-electron chi connectivity index (χ2n) is 4.95. The number of hydrogen-bond acceptors (Lipinski definition) is 5. The zero-order valence-electron chi connectivity index (χ0n) is 10.1. The zero-order chi connectivity index (χ0) is 11.8. The van der Waals surface area contributed by atoms with Crippen molar-refractivity contribution < 1.29 is 4.74 Å². The third-order valence-corrected chi connectivity index (χ3v) is 3.43. The van der Waals surface area contributed by atoms with Crippen LogP contribution in [-0.2, 0) is 0 Å². The molecule has 0 unspecified atom stereocenters. The van der Waals surface area contributed by atoms with Gasteiger partial charge in [0, 0.05) is 12.6 Å². The summed E-state index contributed by atoms with van der Waals surface area (Å²) in [5.74, 6) is 2.17. The van der Waals surface area contributed by atoms with Gasteiger partial charge in [-0.05, 0) is 31.6 Å². The van der Waals surface area contributed by atoms with E-state index in [-0.39, 0.29) is 0 Å². The predicted octanol–water partition coefficient (Wildman–Crippen LogP) is 1.45. The lowest BCUT2D eigenvalue weighted by molar-refractivity contribution is 0.399. The fraction of sp³-hybridized carbons (Fsp3) is 0.667. The highest BCUT2D eigenvalue weighted by Crippen LogP contribution is 2.40. The highest BCUT2D eigenvalue weighted by molar-refractivity contribution is 5.68. The van der Waals surface area contributed by atoms with Crippen molar-refractivity contribution in [2.75, 3.05) is 24.3 Å². The van der Waals surface area contributed by atoms with Crippen molar-refractivity contribution in [2.45, 2.75) is 31.7 Å². The molecule has 0 saturated heterocycles. The van der Waals surface area contributed by atoms with Crippen molar-refractivity contribution >= 4 is 11.5 Å². The minimum Gasteiger partial charge on any atom is -0.479 e. The molecule has 0 radical (unpaired) electrons. The van der Waals surface area contributed by atoms with E-state index in [1.165, 1.54) is 32.0 Å². The van der Waals surface area contributed by atoms with E-state index in [1.54, 1.807) is 7.11 Å². The van der Waals surface area contributed by atoms with Crippen molar-refractivity contribution in [3.8, 4) is 5.88 Å². The van der Waals surface area contributed by atoms with Crippen LogP contribution in [0, 0.1) is 5.92 Å². The van der Waals surface area contributed by atoms with Gasteiger partial charge in [0.25, 0.3) is 0 Å². The second-order valence-corrected chi connectivity index (χ2v) is 4.95. The standard InChI is InChI=1S/C12H18N4O/c1-17-12-10(13)11(14-7-15-12)16(9-4-5-9)6-8-2-3-8/h7-9H,2-6,13H2,1H3. The maximum Gasteiger partial charge on any atom is 0.242 e. The van der Waals surface area contributed by atoms with Gasteiger partial charge in [0.15, 0.2) is 5.82 Å². The molecule has 2 aliphatic carbocycles. The van der Waals surface area contributed by atoms with E-state index in [2.05, 4.69) is 14.9 Å². The largest absolute Gasteiger partial charge is 0.479 e. The van der Waals surface area contributed by atoms with Crippen molar-refractivity contribution in [1.29, 1.82) is 0 Å². The molecule has 2 fully saturated rings. The first-order chi connectivity index (χ1) is 8.29. The molecule has 2 aliphatic rings. The number of anilines is 2. The summed E-state index contributed by atoms with van der Waals surface area (Å²) in [6, 6.07) is 0.623. The Bertz CT molecular complexity index is 415. The van der Waals surface area contributed by atoms with Gasteiger partial charge in [-0.2, -0.15) is 4.98 Å². The monoisotopic (exact) mass is 234 g/mol. The van der Waals surface area contributed by atoms with Gasteiger partial charge in [-0.15, -0.1) is 0 Å². The molecule has 5 nitrogen and oxygen atoms in total. The second kappa shape index (κ2) is 4.05. The Morgan fingerprint density at radius 1 is 1.35 bits per heavy atom. The molecule has 2 N–H and O–H groups in total. The Morgan fingerprint density at radius 3 is 2.71 bits per heavy atom. The molecule has 1 heterocycles. The quantitative estimate of drug-likeness (QED) is 0.835. The number of aromatic nitrogens is 2. The van der Waals surface area contributed by atoms with Crippen LogP contribution in [0.15, 0.2) is 6.33 Å². The van der Waals surface area contributed by atoms with E-state index < -0.39 is 0 Å². The van der Waals surface area contributed by atoms with Crippen molar-refractivity contribution in [1.82, 2.24) is 9.97 Å². The number of nitrogens with zero attached hydrogens (tertiary/aromatic N) is 3. The van der Waals surface area contributed by atoms with E-state index >= 15 is 0 Å². The first-order valence-electron chi connectivity index (χ1n) is 6.20. The molecule has 1 aromatic heterocycles. The fourth-order valence-electron chi connectivity index (χ4n) is 2.14. The average Bonchev–Trinajstić information content (AvgIpc) is 3.19. The summed E-state index contributed by atoms with van der Waals surface area (Å²) in [5, 5.41) is 0. The topological polar surface area (TPSA) is 64.3 Å². The Morgan fingerprint density at radius 2 is 2.12 bits per heavy atom.